The smallest absolute Gasteiger partial charge is 0.253 e. The highest BCUT2D eigenvalue weighted by Crippen LogP contribution is 2.24. The van der Waals surface area contributed by atoms with E-state index in [1.165, 1.54) is 0 Å². The van der Waals surface area contributed by atoms with E-state index in [1.54, 1.807) is 23.1 Å². The highest BCUT2D eigenvalue weighted by molar-refractivity contribution is 9.10. The molecule has 1 saturated heterocycles. The van der Waals surface area contributed by atoms with E-state index in [0.717, 1.165) is 17.4 Å². The van der Waals surface area contributed by atoms with E-state index in [0.29, 0.717) is 30.2 Å². The first-order valence-corrected chi connectivity index (χ1v) is 7.89. The van der Waals surface area contributed by atoms with Crippen LogP contribution >= 0.6 is 27.5 Å². The highest BCUT2D eigenvalue weighted by Gasteiger charge is 2.21. The molecular weight excluding hydrogens is 358 g/mol. The molecule has 0 spiro atoms. The van der Waals surface area contributed by atoms with Crippen LogP contribution in [0, 0.1) is 0 Å². The number of nitrogens with two attached hydrogens (primary N) is 1. The zero-order chi connectivity index (χ0) is 15.4. The van der Waals surface area contributed by atoms with Crippen LogP contribution in [0.5, 0.6) is 0 Å². The topological polar surface area (TPSA) is 66.6 Å². The van der Waals surface area contributed by atoms with E-state index in [9.17, 15) is 9.59 Å². The fourth-order valence-corrected chi connectivity index (χ4v) is 2.79. The van der Waals surface area contributed by atoms with Crippen molar-refractivity contribution < 1.29 is 9.59 Å². The molecule has 114 valence electrons. The Morgan fingerprint density at radius 2 is 2.00 bits per heavy atom. The second-order valence-corrected chi connectivity index (χ2v) is 6.28. The molecule has 5 nitrogen and oxygen atoms in total. The fraction of sp³-hybridized carbons (Fsp3) is 0.429. The predicted molar refractivity (Wildman–Crippen MR) is 85.3 cm³/mol. The van der Waals surface area contributed by atoms with Crippen LogP contribution in [0.2, 0.25) is 5.02 Å². The van der Waals surface area contributed by atoms with Crippen LogP contribution in [0.25, 0.3) is 0 Å². The van der Waals surface area contributed by atoms with E-state index in [1.807, 2.05) is 4.90 Å². The Bertz CT molecular complexity index is 553. The summed E-state index contributed by atoms with van der Waals surface area (Å²) in [6.07, 6.45) is 0.823. The molecule has 0 atom stereocenters. The number of halogens is 2. The third-order valence-corrected chi connectivity index (χ3v) is 4.65. The molecule has 0 aromatic heterocycles. The molecule has 2 amide bonds. The number of rotatable bonds is 3. The number of primary amides is 1. The summed E-state index contributed by atoms with van der Waals surface area (Å²) in [6, 6.07) is 5.19. The number of amides is 2. The van der Waals surface area contributed by atoms with Gasteiger partial charge in [-0.15, -0.1) is 0 Å². The molecule has 1 heterocycles. The van der Waals surface area contributed by atoms with Gasteiger partial charge in [-0.3, -0.25) is 14.5 Å². The maximum Gasteiger partial charge on any atom is 0.253 e. The molecule has 2 rings (SSSR count). The number of carbonyl (C=O) groups excluding carboxylic acids is 2. The molecule has 0 saturated carbocycles. The molecule has 1 aromatic rings. The minimum atomic E-state index is -0.338. The molecule has 1 aliphatic rings. The van der Waals surface area contributed by atoms with Gasteiger partial charge in [0.1, 0.15) is 0 Å². The van der Waals surface area contributed by atoms with Crippen LogP contribution in [0.4, 0.5) is 0 Å². The van der Waals surface area contributed by atoms with Crippen molar-refractivity contribution in [3.63, 3.8) is 0 Å². The van der Waals surface area contributed by atoms with Gasteiger partial charge < -0.3 is 10.6 Å². The van der Waals surface area contributed by atoms with Gasteiger partial charge >= 0.3 is 0 Å². The minimum absolute atomic E-state index is 0.0367. The van der Waals surface area contributed by atoms with Gasteiger partial charge in [-0.2, -0.15) is 0 Å². The standard InChI is InChI=1S/C14H17BrClN3O2/c15-11-3-2-10(8-12(11)16)14(21)19-5-1-4-18(6-7-19)9-13(17)20/h2-3,8H,1,4-7,9H2,(H2,17,20). The zero-order valence-corrected chi connectivity index (χ0v) is 13.9. The zero-order valence-electron chi connectivity index (χ0n) is 11.5. The molecule has 0 unspecified atom stereocenters. The van der Waals surface area contributed by atoms with Crippen molar-refractivity contribution in [2.45, 2.75) is 6.42 Å². The number of nitrogens with zero attached hydrogens (tertiary/aromatic N) is 2. The van der Waals surface area contributed by atoms with Crippen molar-refractivity contribution in [3.8, 4) is 0 Å². The van der Waals surface area contributed by atoms with E-state index in [-0.39, 0.29) is 18.4 Å². The van der Waals surface area contributed by atoms with Crippen LogP contribution in [-0.4, -0.2) is 54.3 Å². The summed E-state index contributed by atoms with van der Waals surface area (Å²) in [7, 11) is 0. The van der Waals surface area contributed by atoms with Gasteiger partial charge in [0.05, 0.1) is 11.6 Å². The van der Waals surface area contributed by atoms with Crippen molar-refractivity contribution in [3.05, 3.63) is 33.3 Å². The molecular formula is C14H17BrClN3O2. The maximum atomic E-state index is 12.5. The lowest BCUT2D eigenvalue weighted by Gasteiger charge is -2.21. The Morgan fingerprint density at radius 3 is 2.67 bits per heavy atom. The molecule has 1 aromatic carbocycles. The Labute approximate surface area is 137 Å². The average Bonchev–Trinajstić information content (AvgIpc) is 2.66. The summed E-state index contributed by atoms with van der Waals surface area (Å²) in [6.45, 7) is 2.92. The maximum absolute atomic E-state index is 12.5. The summed E-state index contributed by atoms with van der Waals surface area (Å²) < 4.78 is 0.768. The quantitative estimate of drug-likeness (QED) is 0.876. The second kappa shape index (κ2) is 7.24. The third-order valence-electron chi connectivity index (χ3n) is 3.42. The molecule has 0 bridgehead atoms. The number of hydrogen-bond acceptors (Lipinski definition) is 3. The van der Waals surface area contributed by atoms with Crippen LogP contribution in [0.1, 0.15) is 16.8 Å². The van der Waals surface area contributed by atoms with Gasteiger partial charge in [-0.1, -0.05) is 11.6 Å². The number of carbonyl (C=O) groups is 2. The van der Waals surface area contributed by atoms with E-state index in [2.05, 4.69) is 15.9 Å². The predicted octanol–water partition coefficient (Wildman–Crippen LogP) is 1.74. The molecule has 0 radical (unpaired) electrons. The Hall–Kier alpha value is -1.11. The summed E-state index contributed by atoms with van der Waals surface area (Å²) in [5.41, 5.74) is 5.79. The van der Waals surface area contributed by atoms with E-state index in [4.69, 9.17) is 17.3 Å². The van der Waals surface area contributed by atoms with Crippen molar-refractivity contribution in [2.24, 2.45) is 5.73 Å². The highest BCUT2D eigenvalue weighted by atomic mass is 79.9. The van der Waals surface area contributed by atoms with Crippen LogP contribution in [0.15, 0.2) is 22.7 Å². The van der Waals surface area contributed by atoms with Gasteiger partial charge in [0.25, 0.3) is 5.91 Å². The molecule has 21 heavy (non-hydrogen) atoms. The van der Waals surface area contributed by atoms with Gasteiger partial charge in [0.2, 0.25) is 5.91 Å². The van der Waals surface area contributed by atoms with Gasteiger partial charge in [0, 0.05) is 36.2 Å². The van der Waals surface area contributed by atoms with E-state index >= 15 is 0 Å². The van der Waals surface area contributed by atoms with Gasteiger partial charge in [-0.25, -0.2) is 0 Å². The first-order chi connectivity index (χ1) is 9.97. The summed E-state index contributed by atoms with van der Waals surface area (Å²) in [5.74, 6) is -0.375. The molecule has 2 N–H and O–H groups in total. The van der Waals surface area contributed by atoms with Crippen LogP contribution in [-0.2, 0) is 4.79 Å². The molecule has 0 aliphatic carbocycles. The van der Waals surface area contributed by atoms with Crippen LogP contribution < -0.4 is 5.73 Å². The third kappa shape index (κ3) is 4.43. The lowest BCUT2D eigenvalue weighted by molar-refractivity contribution is -0.119. The van der Waals surface area contributed by atoms with Crippen molar-refractivity contribution >= 4 is 39.3 Å². The monoisotopic (exact) mass is 373 g/mol. The normalized spacial score (nSPS) is 16.6. The Morgan fingerprint density at radius 1 is 1.24 bits per heavy atom. The Kier molecular flexibility index (Phi) is 5.61. The SMILES string of the molecule is NC(=O)CN1CCCN(C(=O)c2ccc(Br)c(Cl)c2)CC1. The van der Waals surface area contributed by atoms with Crippen molar-refractivity contribution in [1.29, 1.82) is 0 Å². The first-order valence-electron chi connectivity index (χ1n) is 6.72. The number of hydrogen-bond donors (Lipinski definition) is 1. The van der Waals surface area contributed by atoms with Crippen LogP contribution in [0.3, 0.4) is 0 Å². The van der Waals surface area contributed by atoms with Gasteiger partial charge in [-0.05, 0) is 40.5 Å². The minimum Gasteiger partial charge on any atom is -0.369 e. The Balaban J connectivity index is 2.02. The molecule has 1 fully saturated rings. The van der Waals surface area contributed by atoms with E-state index < -0.39 is 0 Å². The van der Waals surface area contributed by atoms with Crippen molar-refractivity contribution in [1.82, 2.24) is 9.80 Å². The first kappa shape index (κ1) is 16.3. The molecule has 1 aliphatic heterocycles. The lowest BCUT2D eigenvalue weighted by atomic mass is 10.2. The van der Waals surface area contributed by atoms with Crippen molar-refractivity contribution in [2.75, 3.05) is 32.7 Å². The average molecular weight is 375 g/mol. The lowest BCUT2D eigenvalue weighted by Crippen LogP contribution is -2.38. The van der Waals surface area contributed by atoms with Gasteiger partial charge in [0.15, 0.2) is 0 Å². The summed E-state index contributed by atoms with van der Waals surface area (Å²) >= 11 is 9.34. The largest absolute Gasteiger partial charge is 0.369 e. The molecule has 7 heteroatoms. The summed E-state index contributed by atoms with van der Waals surface area (Å²) in [5, 5.41) is 0.519. The fourth-order valence-electron chi connectivity index (χ4n) is 2.36. The summed E-state index contributed by atoms with van der Waals surface area (Å²) in [4.78, 5) is 27.2. The number of benzene rings is 1. The second-order valence-electron chi connectivity index (χ2n) is 5.02.